The number of nitrogen functional groups attached to an aromatic ring is 1. The van der Waals surface area contributed by atoms with E-state index in [9.17, 15) is 5.11 Å². The molecule has 0 saturated heterocycles. The molecule has 0 amide bonds. The molecule has 20 heavy (non-hydrogen) atoms. The van der Waals surface area contributed by atoms with E-state index in [-0.39, 0.29) is 12.0 Å². The minimum atomic E-state index is -0.0841. The van der Waals surface area contributed by atoms with Crippen LogP contribution in [0.25, 0.3) is 0 Å². The number of nitrogens with zero attached hydrogens (tertiary/aromatic N) is 1. The Balaban J connectivity index is 2.09. The van der Waals surface area contributed by atoms with E-state index in [0.717, 1.165) is 25.7 Å². The number of nitrogens with one attached hydrogen (secondary N) is 2. The lowest BCUT2D eigenvalue weighted by molar-refractivity contribution is 0.0943. The van der Waals surface area contributed by atoms with E-state index < -0.39 is 0 Å². The highest BCUT2D eigenvalue weighted by molar-refractivity contribution is 6.37. The monoisotopic (exact) mass is 318 g/mol. The van der Waals surface area contributed by atoms with Gasteiger partial charge in [-0.15, -0.1) is 0 Å². The average Bonchev–Trinajstić information content (AvgIpc) is 2.47. The third-order valence-electron chi connectivity index (χ3n) is 3.95. The molecule has 0 unspecified atom stereocenters. The summed E-state index contributed by atoms with van der Waals surface area (Å²) in [6, 6.07) is 1.60. The van der Waals surface area contributed by atoms with Crippen LogP contribution < -0.4 is 16.6 Å². The Bertz CT molecular complexity index is 464. The summed E-state index contributed by atoms with van der Waals surface area (Å²) < 4.78 is 0. The number of anilines is 2. The molecule has 0 bridgehead atoms. The maximum Gasteiger partial charge on any atom is 0.161 e. The smallest absolute Gasteiger partial charge is 0.161 e. The maximum atomic E-state index is 9.69. The number of aliphatic hydroxyl groups excluding tert-OH is 1. The first-order valence-corrected chi connectivity index (χ1v) is 7.53. The number of hydrogen-bond acceptors (Lipinski definition) is 5. The largest absolute Gasteiger partial charge is 0.396 e. The van der Waals surface area contributed by atoms with Gasteiger partial charge < -0.3 is 15.8 Å². The van der Waals surface area contributed by atoms with Crippen molar-refractivity contribution in [2.45, 2.75) is 32.1 Å². The summed E-state index contributed by atoms with van der Waals surface area (Å²) in [5.41, 5.74) is 2.35. The van der Waals surface area contributed by atoms with Crippen molar-refractivity contribution in [1.29, 1.82) is 0 Å². The van der Waals surface area contributed by atoms with Crippen molar-refractivity contribution in [3.8, 4) is 0 Å². The fraction of sp³-hybridized carbons (Fsp3) is 0.615. The van der Waals surface area contributed by atoms with Gasteiger partial charge in [0.1, 0.15) is 5.82 Å². The van der Waals surface area contributed by atoms with Gasteiger partial charge in [-0.2, -0.15) is 0 Å². The van der Waals surface area contributed by atoms with Gasteiger partial charge in [0.25, 0.3) is 0 Å². The second kappa shape index (κ2) is 6.80. The third kappa shape index (κ3) is 3.47. The van der Waals surface area contributed by atoms with E-state index in [1.54, 1.807) is 6.07 Å². The normalized spacial score (nSPS) is 17.8. The number of halogens is 2. The van der Waals surface area contributed by atoms with E-state index in [1.807, 2.05) is 0 Å². The Hall–Kier alpha value is -0.750. The molecule has 1 saturated carbocycles. The number of hydrazine groups is 1. The fourth-order valence-corrected chi connectivity index (χ4v) is 3.14. The minimum Gasteiger partial charge on any atom is -0.396 e. The highest BCUT2D eigenvalue weighted by Crippen LogP contribution is 2.37. The zero-order valence-electron chi connectivity index (χ0n) is 11.3. The van der Waals surface area contributed by atoms with Gasteiger partial charge in [-0.05, 0) is 18.9 Å². The molecule has 0 spiro atoms. The van der Waals surface area contributed by atoms with Gasteiger partial charge in [0.15, 0.2) is 5.82 Å². The quantitative estimate of drug-likeness (QED) is 0.495. The molecule has 1 fully saturated rings. The molecule has 1 aromatic heterocycles. The summed E-state index contributed by atoms with van der Waals surface area (Å²) in [7, 11) is 0. The number of nitrogens with two attached hydrogens (primary N) is 1. The average molecular weight is 319 g/mol. The highest BCUT2D eigenvalue weighted by Gasteiger charge is 2.31. The van der Waals surface area contributed by atoms with Crippen LogP contribution in [0.4, 0.5) is 11.6 Å². The van der Waals surface area contributed by atoms with E-state index in [0.29, 0.717) is 28.2 Å². The van der Waals surface area contributed by atoms with Gasteiger partial charge in [0, 0.05) is 12.0 Å². The SMILES string of the molecule is NNc1nc(NCC2(CO)CCCCC2)c(Cl)cc1Cl. The van der Waals surface area contributed by atoms with Gasteiger partial charge >= 0.3 is 0 Å². The topological polar surface area (TPSA) is 83.2 Å². The summed E-state index contributed by atoms with van der Waals surface area (Å²) in [5, 5.41) is 13.7. The fourth-order valence-electron chi connectivity index (χ4n) is 2.66. The summed E-state index contributed by atoms with van der Waals surface area (Å²) >= 11 is 12.1. The van der Waals surface area contributed by atoms with Crippen molar-refractivity contribution >= 4 is 34.8 Å². The van der Waals surface area contributed by atoms with Gasteiger partial charge in [0.2, 0.25) is 0 Å². The van der Waals surface area contributed by atoms with E-state index in [2.05, 4.69) is 15.7 Å². The van der Waals surface area contributed by atoms with Crippen molar-refractivity contribution < 1.29 is 5.11 Å². The summed E-state index contributed by atoms with van der Waals surface area (Å²) in [5.74, 6) is 6.26. The Labute approximate surface area is 128 Å². The zero-order valence-corrected chi connectivity index (χ0v) is 12.8. The van der Waals surface area contributed by atoms with Crippen molar-refractivity contribution in [3.63, 3.8) is 0 Å². The molecule has 1 heterocycles. The number of aromatic nitrogens is 1. The second-order valence-corrected chi connectivity index (χ2v) is 6.18. The van der Waals surface area contributed by atoms with E-state index >= 15 is 0 Å². The third-order valence-corrected chi connectivity index (χ3v) is 4.52. The molecule has 1 aliphatic rings. The van der Waals surface area contributed by atoms with Gasteiger partial charge in [-0.3, -0.25) is 0 Å². The van der Waals surface area contributed by atoms with Crippen LogP contribution in [0.3, 0.4) is 0 Å². The molecule has 2 rings (SSSR count). The number of aliphatic hydroxyl groups is 1. The Kier molecular flexibility index (Phi) is 5.32. The molecular weight excluding hydrogens is 299 g/mol. The van der Waals surface area contributed by atoms with Gasteiger partial charge in [-0.1, -0.05) is 42.5 Å². The summed E-state index contributed by atoms with van der Waals surface area (Å²) in [6.07, 6.45) is 5.58. The van der Waals surface area contributed by atoms with Crippen LogP contribution in [-0.2, 0) is 0 Å². The standard InChI is InChI=1S/C13H20Cl2N4O/c14-9-6-10(15)12(19-16)18-11(9)17-7-13(8-20)4-2-1-3-5-13/h6,20H,1-5,7-8,16H2,(H2,17,18,19). The first-order chi connectivity index (χ1) is 9.60. The maximum absolute atomic E-state index is 9.69. The Morgan fingerprint density at radius 1 is 1.20 bits per heavy atom. The molecule has 0 radical (unpaired) electrons. The summed E-state index contributed by atoms with van der Waals surface area (Å²) in [6.45, 7) is 0.815. The van der Waals surface area contributed by atoms with Crippen molar-refractivity contribution in [2.75, 3.05) is 23.9 Å². The predicted octanol–water partition coefficient (Wildman–Crippen LogP) is 3.03. The number of pyridine rings is 1. The zero-order chi connectivity index (χ0) is 14.6. The van der Waals surface area contributed by atoms with Crippen molar-refractivity contribution in [2.24, 2.45) is 11.3 Å². The molecule has 0 aliphatic heterocycles. The van der Waals surface area contributed by atoms with E-state index in [4.69, 9.17) is 29.0 Å². The molecule has 7 heteroatoms. The van der Waals surface area contributed by atoms with Crippen molar-refractivity contribution in [3.05, 3.63) is 16.1 Å². The molecule has 112 valence electrons. The molecular formula is C13H20Cl2N4O. The first kappa shape index (κ1) is 15.6. The highest BCUT2D eigenvalue weighted by atomic mass is 35.5. The number of hydrogen-bond donors (Lipinski definition) is 4. The van der Waals surface area contributed by atoms with Crippen LogP contribution in [0.5, 0.6) is 0 Å². The van der Waals surface area contributed by atoms with E-state index in [1.165, 1.54) is 6.42 Å². The first-order valence-electron chi connectivity index (χ1n) is 6.78. The molecule has 5 N–H and O–H groups in total. The van der Waals surface area contributed by atoms with Crippen molar-refractivity contribution in [1.82, 2.24) is 4.98 Å². The molecule has 0 atom stereocenters. The van der Waals surface area contributed by atoms with Crippen LogP contribution >= 0.6 is 23.2 Å². The van der Waals surface area contributed by atoms with Crippen LogP contribution in [0, 0.1) is 5.41 Å². The number of rotatable bonds is 5. The van der Waals surface area contributed by atoms with Crippen LogP contribution in [0.1, 0.15) is 32.1 Å². The predicted molar refractivity (Wildman–Crippen MR) is 83.2 cm³/mol. The lowest BCUT2D eigenvalue weighted by Crippen LogP contribution is -2.35. The Morgan fingerprint density at radius 2 is 1.85 bits per heavy atom. The van der Waals surface area contributed by atoms with Crippen LogP contribution in [0.2, 0.25) is 10.0 Å². The molecule has 1 aliphatic carbocycles. The second-order valence-electron chi connectivity index (χ2n) is 5.37. The molecule has 5 nitrogen and oxygen atoms in total. The lowest BCUT2D eigenvalue weighted by atomic mass is 9.74. The lowest BCUT2D eigenvalue weighted by Gasteiger charge is -2.35. The Morgan fingerprint density at radius 3 is 2.45 bits per heavy atom. The minimum absolute atomic E-state index is 0.0841. The van der Waals surface area contributed by atoms with Gasteiger partial charge in [-0.25, -0.2) is 10.8 Å². The summed E-state index contributed by atoms with van der Waals surface area (Å²) in [4.78, 5) is 4.25. The molecule has 1 aromatic rings. The van der Waals surface area contributed by atoms with Crippen LogP contribution in [-0.4, -0.2) is 23.2 Å². The van der Waals surface area contributed by atoms with Crippen LogP contribution in [0.15, 0.2) is 6.07 Å². The molecule has 0 aromatic carbocycles. The van der Waals surface area contributed by atoms with Gasteiger partial charge in [0.05, 0.1) is 16.7 Å².